The number of aromatic nitrogens is 3. The minimum absolute atomic E-state index is 0.649. The van der Waals surface area contributed by atoms with Crippen molar-refractivity contribution in [2.45, 2.75) is 0 Å². The number of para-hydroxylation sites is 2. The number of nitrogens with zero attached hydrogens (tertiary/aromatic N) is 4. The van der Waals surface area contributed by atoms with Gasteiger partial charge in [-0.3, -0.25) is 0 Å². The molecule has 0 amide bonds. The molecule has 0 aliphatic carbocycles. The Morgan fingerprint density at radius 3 is 0.930 bits per heavy atom. The maximum atomic E-state index is 4.86. The van der Waals surface area contributed by atoms with Gasteiger partial charge in [0, 0.05) is 33.8 Å². The number of hydrogen-bond acceptors (Lipinski definition) is 4. The minimum Gasteiger partial charge on any atom is -0.311 e. The molecule has 0 N–H and O–H groups in total. The van der Waals surface area contributed by atoms with E-state index in [4.69, 9.17) is 15.0 Å². The highest BCUT2D eigenvalue weighted by Gasteiger charge is 2.14. The average molecular weight is 553 g/mol. The number of benzene rings is 6. The maximum absolute atomic E-state index is 4.86. The molecule has 0 aliphatic rings. The van der Waals surface area contributed by atoms with E-state index in [-0.39, 0.29) is 0 Å². The van der Waals surface area contributed by atoms with Crippen molar-refractivity contribution in [2.24, 2.45) is 0 Å². The topological polar surface area (TPSA) is 41.9 Å². The fourth-order valence-electron chi connectivity index (χ4n) is 5.15. The smallest absolute Gasteiger partial charge is 0.164 e. The van der Waals surface area contributed by atoms with Gasteiger partial charge in [-0.05, 0) is 47.5 Å². The van der Waals surface area contributed by atoms with Crippen LogP contribution in [0.3, 0.4) is 0 Å². The lowest BCUT2D eigenvalue weighted by Crippen LogP contribution is -2.09. The van der Waals surface area contributed by atoms with Gasteiger partial charge in [0.2, 0.25) is 0 Å². The highest BCUT2D eigenvalue weighted by atomic mass is 15.1. The third-order valence-corrected chi connectivity index (χ3v) is 7.33. The van der Waals surface area contributed by atoms with Crippen LogP contribution < -0.4 is 4.90 Å². The van der Waals surface area contributed by atoms with Crippen LogP contribution in [-0.2, 0) is 0 Å². The Balaban J connectivity index is 1.21. The SMILES string of the molecule is c1ccc(-c2nc(-c3ccccc3)nc(-c3ccc(-c4ccc(N(c5ccccc5)c5ccccc5)cc4)cc3)n2)cc1. The fourth-order valence-corrected chi connectivity index (χ4v) is 5.15. The molecule has 0 bridgehead atoms. The molecule has 7 aromatic rings. The molecule has 0 radical (unpaired) electrons. The first kappa shape index (κ1) is 26.1. The van der Waals surface area contributed by atoms with Gasteiger partial charge in [-0.1, -0.05) is 133 Å². The third-order valence-electron chi connectivity index (χ3n) is 7.33. The predicted octanol–water partition coefficient (Wildman–Crippen LogP) is 10.0. The van der Waals surface area contributed by atoms with Gasteiger partial charge in [0.1, 0.15) is 0 Å². The molecule has 0 fully saturated rings. The van der Waals surface area contributed by atoms with E-state index < -0.39 is 0 Å². The minimum atomic E-state index is 0.649. The van der Waals surface area contributed by atoms with Crippen molar-refractivity contribution in [1.29, 1.82) is 0 Å². The zero-order valence-corrected chi connectivity index (χ0v) is 23.5. The standard InChI is InChI=1S/C39H28N4/c1-5-13-31(14-6-1)37-40-38(32-15-7-2-8-16-32)42-39(41-37)33-23-21-29(22-24-33)30-25-27-36(28-26-30)43(34-17-9-3-10-18-34)35-19-11-4-12-20-35/h1-28H. The van der Waals surface area contributed by atoms with Crippen molar-refractivity contribution in [2.75, 3.05) is 4.90 Å². The second kappa shape index (κ2) is 11.9. The summed E-state index contributed by atoms with van der Waals surface area (Å²) < 4.78 is 0. The van der Waals surface area contributed by atoms with Crippen LogP contribution in [0.1, 0.15) is 0 Å². The van der Waals surface area contributed by atoms with Gasteiger partial charge in [-0.15, -0.1) is 0 Å². The Labute approximate surface area is 251 Å². The van der Waals surface area contributed by atoms with E-state index in [1.54, 1.807) is 0 Å². The van der Waals surface area contributed by atoms with Crippen molar-refractivity contribution in [1.82, 2.24) is 15.0 Å². The molecule has 1 heterocycles. The van der Waals surface area contributed by atoms with Gasteiger partial charge in [0.05, 0.1) is 0 Å². The molecule has 1 aromatic heterocycles. The molecule has 0 atom stereocenters. The van der Waals surface area contributed by atoms with Crippen LogP contribution in [0, 0.1) is 0 Å². The maximum Gasteiger partial charge on any atom is 0.164 e. The molecule has 43 heavy (non-hydrogen) atoms. The van der Waals surface area contributed by atoms with Crippen LogP contribution >= 0.6 is 0 Å². The largest absolute Gasteiger partial charge is 0.311 e. The van der Waals surface area contributed by atoms with E-state index in [1.807, 2.05) is 72.8 Å². The molecule has 0 unspecified atom stereocenters. The summed E-state index contributed by atoms with van der Waals surface area (Å²) in [5.41, 5.74) is 8.46. The molecular formula is C39H28N4. The molecule has 4 nitrogen and oxygen atoms in total. The van der Waals surface area contributed by atoms with Crippen LogP contribution in [0.15, 0.2) is 170 Å². The Morgan fingerprint density at radius 1 is 0.256 bits per heavy atom. The van der Waals surface area contributed by atoms with Crippen LogP contribution in [0.4, 0.5) is 17.1 Å². The first-order chi connectivity index (χ1) is 21.3. The molecular weight excluding hydrogens is 524 g/mol. The van der Waals surface area contributed by atoms with Gasteiger partial charge in [0.25, 0.3) is 0 Å². The Hall–Kier alpha value is -5.87. The van der Waals surface area contributed by atoms with E-state index in [9.17, 15) is 0 Å². The lowest BCUT2D eigenvalue weighted by atomic mass is 10.0. The van der Waals surface area contributed by atoms with Gasteiger partial charge >= 0.3 is 0 Å². The molecule has 0 saturated carbocycles. The highest BCUT2D eigenvalue weighted by Crippen LogP contribution is 2.35. The quantitative estimate of drug-likeness (QED) is 0.197. The molecule has 204 valence electrons. The molecule has 6 aromatic carbocycles. The van der Waals surface area contributed by atoms with Gasteiger partial charge < -0.3 is 4.90 Å². The second-order valence-corrected chi connectivity index (χ2v) is 10.2. The summed E-state index contributed by atoms with van der Waals surface area (Å²) in [6.45, 7) is 0. The van der Waals surface area contributed by atoms with Gasteiger partial charge in [-0.2, -0.15) is 0 Å². The highest BCUT2D eigenvalue weighted by molar-refractivity contribution is 5.78. The van der Waals surface area contributed by atoms with Crippen LogP contribution in [-0.4, -0.2) is 15.0 Å². The van der Waals surface area contributed by atoms with E-state index >= 15 is 0 Å². The van der Waals surface area contributed by atoms with Gasteiger partial charge in [-0.25, -0.2) is 15.0 Å². The molecule has 0 spiro atoms. The summed E-state index contributed by atoms with van der Waals surface area (Å²) in [4.78, 5) is 16.8. The van der Waals surface area contributed by atoms with Crippen molar-refractivity contribution < 1.29 is 0 Å². The molecule has 4 heteroatoms. The van der Waals surface area contributed by atoms with Crippen LogP contribution in [0.5, 0.6) is 0 Å². The molecule has 0 aliphatic heterocycles. The average Bonchev–Trinajstić information content (AvgIpc) is 3.10. The van der Waals surface area contributed by atoms with E-state index in [1.165, 1.54) is 0 Å². The Bertz CT molecular complexity index is 1830. The lowest BCUT2D eigenvalue weighted by molar-refractivity contribution is 1.07. The van der Waals surface area contributed by atoms with E-state index in [2.05, 4.69) is 102 Å². The van der Waals surface area contributed by atoms with E-state index in [0.717, 1.165) is 44.9 Å². The lowest BCUT2D eigenvalue weighted by Gasteiger charge is -2.25. The van der Waals surface area contributed by atoms with E-state index in [0.29, 0.717) is 17.5 Å². The summed E-state index contributed by atoms with van der Waals surface area (Å²) in [6, 6.07) is 58.1. The monoisotopic (exact) mass is 552 g/mol. The number of rotatable bonds is 7. The van der Waals surface area contributed by atoms with Crippen molar-refractivity contribution >= 4 is 17.1 Å². The zero-order chi connectivity index (χ0) is 28.8. The summed E-state index contributed by atoms with van der Waals surface area (Å²) in [7, 11) is 0. The van der Waals surface area contributed by atoms with Gasteiger partial charge in [0.15, 0.2) is 17.5 Å². The number of hydrogen-bond donors (Lipinski definition) is 0. The number of anilines is 3. The van der Waals surface area contributed by atoms with Crippen molar-refractivity contribution in [3.05, 3.63) is 170 Å². The first-order valence-electron chi connectivity index (χ1n) is 14.3. The second-order valence-electron chi connectivity index (χ2n) is 10.2. The predicted molar refractivity (Wildman–Crippen MR) is 176 cm³/mol. The van der Waals surface area contributed by atoms with Crippen LogP contribution in [0.25, 0.3) is 45.3 Å². The molecule has 0 saturated heterocycles. The summed E-state index contributed by atoms with van der Waals surface area (Å²) in [5, 5.41) is 0. The third kappa shape index (κ3) is 5.67. The Morgan fingerprint density at radius 2 is 0.535 bits per heavy atom. The van der Waals surface area contributed by atoms with Crippen molar-refractivity contribution in [3.8, 4) is 45.3 Å². The summed E-state index contributed by atoms with van der Waals surface area (Å²) in [5.74, 6) is 1.96. The normalized spacial score (nSPS) is 10.8. The summed E-state index contributed by atoms with van der Waals surface area (Å²) in [6.07, 6.45) is 0. The molecule has 7 rings (SSSR count). The van der Waals surface area contributed by atoms with Crippen LogP contribution in [0.2, 0.25) is 0 Å². The summed E-state index contributed by atoms with van der Waals surface area (Å²) >= 11 is 0. The van der Waals surface area contributed by atoms with Crippen molar-refractivity contribution in [3.63, 3.8) is 0 Å². The Kier molecular flexibility index (Phi) is 7.23. The zero-order valence-electron chi connectivity index (χ0n) is 23.5. The fraction of sp³-hybridized carbons (Fsp3) is 0. The first-order valence-corrected chi connectivity index (χ1v) is 14.3.